The fourth-order valence-corrected chi connectivity index (χ4v) is 3.55. The summed E-state index contributed by atoms with van der Waals surface area (Å²) in [5.41, 5.74) is 4.08. The summed E-state index contributed by atoms with van der Waals surface area (Å²) in [6.07, 6.45) is -1.85. The predicted molar refractivity (Wildman–Crippen MR) is 106 cm³/mol. The van der Waals surface area contributed by atoms with Crippen molar-refractivity contribution < 1.29 is 27.5 Å². The van der Waals surface area contributed by atoms with E-state index in [0.29, 0.717) is 24.0 Å². The van der Waals surface area contributed by atoms with Gasteiger partial charge < -0.3 is 20.1 Å². The van der Waals surface area contributed by atoms with Crippen LogP contribution in [0.5, 0.6) is 11.6 Å². The van der Waals surface area contributed by atoms with E-state index < -0.39 is 23.6 Å². The molecule has 2 bridgehead atoms. The third-order valence-corrected chi connectivity index (χ3v) is 4.99. The first kappa shape index (κ1) is 19.3. The molecule has 0 saturated carbocycles. The molecule has 12 heteroatoms. The zero-order valence-corrected chi connectivity index (χ0v) is 16.4. The number of nitrogens with zero attached hydrogens (tertiary/aromatic N) is 3. The number of allylic oxidation sites excluding steroid dienone is 1. The molecule has 31 heavy (non-hydrogen) atoms. The first-order chi connectivity index (χ1) is 14.8. The monoisotopic (exact) mass is 434 g/mol. The van der Waals surface area contributed by atoms with Gasteiger partial charge >= 0.3 is 12.1 Å². The predicted octanol–water partition coefficient (Wildman–Crippen LogP) is 3.25. The number of rotatable bonds is 4. The molecule has 3 N–H and O–H groups in total. The number of anilines is 3. The lowest BCUT2D eigenvalue weighted by Gasteiger charge is -2.36. The van der Waals surface area contributed by atoms with Gasteiger partial charge in [-0.2, -0.15) is 13.2 Å². The van der Waals surface area contributed by atoms with Crippen LogP contribution in [0.4, 0.5) is 30.2 Å². The van der Waals surface area contributed by atoms with Crippen LogP contribution in [-0.4, -0.2) is 31.0 Å². The fraction of sp³-hybridized carbons (Fsp3) is 0.263. The normalized spacial score (nSPS) is 21.4. The Morgan fingerprint density at radius 1 is 1.29 bits per heavy atom. The molecule has 1 aromatic heterocycles. The van der Waals surface area contributed by atoms with Gasteiger partial charge in [0, 0.05) is 11.8 Å². The Hall–Kier alpha value is -3.67. The second-order valence-corrected chi connectivity index (χ2v) is 6.99. The van der Waals surface area contributed by atoms with Gasteiger partial charge in [-0.05, 0) is 31.2 Å². The molecule has 1 unspecified atom stereocenters. The van der Waals surface area contributed by atoms with E-state index in [1.807, 2.05) is 13.0 Å². The van der Waals surface area contributed by atoms with Gasteiger partial charge in [-0.1, -0.05) is 0 Å². The Morgan fingerprint density at radius 3 is 2.90 bits per heavy atom. The van der Waals surface area contributed by atoms with Crippen molar-refractivity contribution in [2.45, 2.75) is 19.1 Å². The van der Waals surface area contributed by atoms with Crippen LogP contribution in [0.25, 0.3) is 0 Å². The summed E-state index contributed by atoms with van der Waals surface area (Å²) in [6, 6.07) is 6.35. The Bertz CT molecular complexity index is 1120. The van der Waals surface area contributed by atoms with Crippen LogP contribution in [0.1, 0.15) is 12.5 Å². The van der Waals surface area contributed by atoms with Gasteiger partial charge in [-0.25, -0.2) is 20.3 Å². The molecule has 162 valence electrons. The Balaban J connectivity index is 1.56. The van der Waals surface area contributed by atoms with Gasteiger partial charge in [0.25, 0.3) is 0 Å². The number of alkyl halides is 3. The van der Waals surface area contributed by atoms with Crippen molar-refractivity contribution in [2.24, 2.45) is 4.99 Å². The van der Waals surface area contributed by atoms with Crippen LogP contribution >= 0.6 is 0 Å². The summed E-state index contributed by atoms with van der Waals surface area (Å²) in [7, 11) is 1.13. The van der Waals surface area contributed by atoms with Gasteiger partial charge in [0.2, 0.25) is 5.88 Å². The number of methoxy groups -OCH3 is 1. The Kier molecular flexibility index (Phi) is 4.15. The summed E-state index contributed by atoms with van der Waals surface area (Å²) >= 11 is 0. The van der Waals surface area contributed by atoms with Crippen LogP contribution in [0, 0.1) is 0 Å². The Morgan fingerprint density at radius 2 is 2.13 bits per heavy atom. The third-order valence-electron chi connectivity index (χ3n) is 4.99. The molecule has 1 atom stereocenters. The summed E-state index contributed by atoms with van der Waals surface area (Å²) in [6.45, 7) is 2.19. The SMILES string of the molecule is COc1ncc(NC23N=CC(C)=C(NO2)N3c2ccc3c(c2)NCO3)cc1C(F)(F)F. The van der Waals surface area contributed by atoms with E-state index in [1.54, 1.807) is 23.2 Å². The van der Waals surface area contributed by atoms with E-state index in [4.69, 9.17) is 14.3 Å². The van der Waals surface area contributed by atoms with E-state index >= 15 is 0 Å². The number of fused-ring (bicyclic) bond motifs is 3. The van der Waals surface area contributed by atoms with Crippen molar-refractivity contribution in [3.8, 4) is 11.6 Å². The molecule has 1 aromatic carbocycles. The highest BCUT2D eigenvalue weighted by Crippen LogP contribution is 2.43. The topological polar surface area (TPSA) is 92.3 Å². The van der Waals surface area contributed by atoms with Gasteiger partial charge in [0.15, 0.2) is 6.73 Å². The van der Waals surface area contributed by atoms with Gasteiger partial charge in [0.05, 0.1) is 30.4 Å². The van der Waals surface area contributed by atoms with Crippen molar-refractivity contribution in [1.82, 2.24) is 10.5 Å². The summed E-state index contributed by atoms with van der Waals surface area (Å²) in [5, 5.41) is 6.03. The summed E-state index contributed by atoms with van der Waals surface area (Å²) in [4.78, 5) is 15.6. The van der Waals surface area contributed by atoms with E-state index in [2.05, 4.69) is 26.1 Å². The zero-order chi connectivity index (χ0) is 21.8. The fourth-order valence-electron chi connectivity index (χ4n) is 3.55. The lowest BCUT2D eigenvalue weighted by atomic mass is 10.2. The molecule has 5 rings (SSSR count). The van der Waals surface area contributed by atoms with Crippen molar-refractivity contribution in [3.63, 3.8) is 0 Å². The number of aromatic nitrogens is 1. The molecular weight excluding hydrogens is 417 g/mol. The van der Waals surface area contributed by atoms with E-state index in [0.717, 1.165) is 24.4 Å². The second-order valence-electron chi connectivity index (χ2n) is 6.99. The van der Waals surface area contributed by atoms with Crippen molar-refractivity contribution >= 4 is 23.3 Å². The van der Waals surface area contributed by atoms with Gasteiger partial charge in [0.1, 0.15) is 17.1 Å². The molecule has 9 nitrogen and oxygen atoms in total. The molecule has 1 fully saturated rings. The Labute approximate surface area is 174 Å². The molecule has 3 aliphatic rings. The molecule has 1 saturated heterocycles. The summed E-state index contributed by atoms with van der Waals surface area (Å²) < 4.78 is 50.5. The van der Waals surface area contributed by atoms with Crippen LogP contribution < -0.4 is 30.5 Å². The number of benzene rings is 1. The lowest BCUT2D eigenvalue weighted by Crippen LogP contribution is -2.51. The van der Waals surface area contributed by atoms with Crippen molar-refractivity contribution in [3.05, 3.63) is 47.4 Å². The minimum Gasteiger partial charge on any atom is -0.481 e. The number of hydroxylamine groups is 1. The molecule has 0 amide bonds. The number of nitrogens with one attached hydrogen (secondary N) is 3. The first-order valence-electron chi connectivity index (χ1n) is 9.21. The number of ether oxygens (including phenoxy) is 2. The highest BCUT2D eigenvalue weighted by Gasteiger charge is 2.50. The quantitative estimate of drug-likeness (QED) is 0.676. The molecule has 3 aliphatic heterocycles. The number of hydrogen-bond acceptors (Lipinski definition) is 9. The maximum absolute atomic E-state index is 13.4. The van der Waals surface area contributed by atoms with E-state index in [1.165, 1.54) is 6.20 Å². The molecule has 0 spiro atoms. The minimum atomic E-state index is -4.65. The first-order valence-corrected chi connectivity index (χ1v) is 9.21. The average Bonchev–Trinajstić information content (AvgIpc) is 3.32. The average molecular weight is 434 g/mol. The van der Waals surface area contributed by atoms with Crippen LogP contribution in [0.2, 0.25) is 0 Å². The molecule has 4 heterocycles. The number of aliphatic imine (C=N–C) groups is 1. The zero-order valence-electron chi connectivity index (χ0n) is 16.4. The van der Waals surface area contributed by atoms with Crippen LogP contribution in [-0.2, 0) is 11.0 Å². The third kappa shape index (κ3) is 3.06. The number of hydrogen-bond donors (Lipinski definition) is 3. The van der Waals surface area contributed by atoms with Gasteiger partial charge in [-0.3, -0.25) is 4.90 Å². The van der Waals surface area contributed by atoms with Crippen LogP contribution in [0.3, 0.4) is 0 Å². The van der Waals surface area contributed by atoms with Crippen molar-refractivity contribution in [2.75, 3.05) is 29.4 Å². The molecular formula is C19H17F3N6O3. The maximum Gasteiger partial charge on any atom is 0.421 e. The largest absolute Gasteiger partial charge is 0.481 e. The standard InChI is InChI=1S/C19H17F3N6O3/c1-10-7-25-19(26-11-5-13(18(20,21)22)17(29-2)23-8-11)28(16(10)27-31-19)12-3-4-15-14(6-12)24-9-30-15/h3-8,24,26-27H,9H2,1-2H3. The molecule has 0 radical (unpaired) electrons. The van der Waals surface area contributed by atoms with E-state index in [9.17, 15) is 13.2 Å². The highest BCUT2D eigenvalue weighted by molar-refractivity contribution is 5.85. The molecule has 2 aromatic rings. The maximum atomic E-state index is 13.4. The molecule has 0 aliphatic carbocycles. The highest BCUT2D eigenvalue weighted by atomic mass is 19.4. The second kappa shape index (κ2) is 6.67. The summed E-state index contributed by atoms with van der Waals surface area (Å²) in [5.74, 6) is -0.792. The van der Waals surface area contributed by atoms with Crippen LogP contribution in [0.15, 0.2) is 46.8 Å². The smallest absolute Gasteiger partial charge is 0.421 e. The minimum absolute atomic E-state index is 0.0421. The lowest BCUT2D eigenvalue weighted by molar-refractivity contribution is -0.139. The number of pyridine rings is 1. The van der Waals surface area contributed by atoms with Crippen molar-refractivity contribution in [1.29, 1.82) is 0 Å². The number of halogens is 3. The van der Waals surface area contributed by atoms with E-state index in [-0.39, 0.29) is 5.69 Å². The van der Waals surface area contributed by atoms with Gasteiger partial charge in [-0.15, -0.1) is 0 Å².